The van der Waals surface area contributed by atoms with Gasteiger partial charge in [-0.1, -0.05) is 15.9 Å². The number of halogens is 1. The molecule has 12 heavy (non-hydrogen) atoms. The third-order valence-corrected chi connectivity index (χ3v) is 1.92. The number of alkyl halides is 1. The number of hydrogen-bond donors (Lipinski definition) is 0. The molecule has 1 aliphatic rings. The molecule has 4 nitrogen and oxygen atoms in total. The van der Waals surface area contributed by atoms with E-state index in [1.165, 1.54) is 13.8 Å². The van der Waals surface area contributed by atoms with E-state index < -0.39 is 21.9 Å². The fourth-order valence-corrected chi connectivity index (χ4v) is 0.861. The Morgan fingerprint density at radius 3 is 1.92 bits per heavy atom. The third-order valence-electron chi connectivity index (χ3n) is 1.27. The first-order valence-electron chi connectivity index (χ1n) is 3.20. The molecule has 1 aliphatic heterocycles. The van der Waals surface area contributed by atoms with Crippen molar-refractivity contribution in [3.8, 4) is 0 Å². The quantitative estimate of drug-likeness (QED) is 0.257. The van der Waals surface area contributed by atoms with E-state index in [1.807, 2.05) is 0 Å². The minimum absolute atomic E-state index is 0.844. The van der Waals surface area contributed by atoms with E-state index in [2.05, 4.69) is 15.9 Å². The van der Waals surface area contributed by atoms with Gasteiger partial charge in [0.2, 0.25) is 0 Å². The average Bonchev–Trinajstić information content (AvgIpc) is 1.82. The molecule has 0 N–H and O–H groups in total. The number of esters is 2. The Balaban J connectivity index is 2.93. The summed E-state index contributed by atoms with van der Waals surface area (Å²) in [6, 6.07) is 0. The van der Waals surface area contributed by atoms with Gasteiger partial charge < -0.3 is 9.47 Å². The average molecular weight is 233 g/mol. The minimum atomic E-state index is -1.86. The Labute approximate surface area is 79.1 Å². The van der Waals surface area contributed by atoms with Crippen LogP contribution in [-0.4, -0.2) is 29.8 Å². The van der Waals surface area contributed by atoms with Crippen LogP contribution in [0.5, 0.6) is 0 Å². The molecule has 0 atom stereocenters. The molecule has 0 saturated carbocycles. The van der Waals surface area contributed by atoms with Crippen molar-refractivity contribution in [2.75, 3.05) is 0 Å². The van der Waals surface area contributed by atoms with Crippen LogP contribution in [-0.2, 0) is 19.1 Å². The van der Waals surface area contributed by atoms with E-state index in [1.54, 1.807) is 0 Å². The Hall–Kier alpha value is -0.515. The largest absolute Gasteiger partial charge is 0.422 e. The van der Waals surface area contributed by atoms with E-state index in [9.17, 15) is 9.59 Å². The van der Waals surface area contributed by atoms with Crippen LogP contribution in [0.2, 0.25) is 0 Å². The van der Waals surface area contributed by atoms with Crippen LogP contribution in [0.3, 0.4) is 0 Å². The number of cyclic esters (lactones) is 2. The molecule has 0 amide bonds. The molecule has 0 aliphatic carbocycles. The lowest BCUT2D eigenvalue weighted by Crippen LogP contribution is -2.55. The number of carbonyl (C=O) groups is 2. The van der Waals surface area contributed by atoms with Crippen molar-refractivity contribution in [1.82, 2.24) is 0 Å². The summed E-state index contributed by atoms with van der Waals surface area (Å²) in [5, 5.41) is 0. The number of ether oxygens (including phenoxy) is 2. The number of carbonyl (C=O) groups excluding carboxylic acids is 2. The zero-order valence-electron chi connectivity index (χ0n) is 6.59. The molecular formula is C6H6BBrO4. The molecule has 1 rings (SSSR count). The molecule has 0 aromatic carbocycles. The first-order chi connectivity index (χ1) is 5.26. The Morgan fingerprint density at radius 1 is 1.25 bits per heavy atom. The first kappa shape index (κ1) is 9.57. The predicted molar refractivity (Wildman–Crippen MR) is 43.7 cm³/mol. The van der Waals surface area contributed by atoms with Gasteiger partial charge in [0.15, 0.2) is 4.22 Å². The molecule has 0 spiro atoms. The second kappa shape index (κ2) is 2.48. The maximum absolute atomic E-state index is 11.0. The van der Waals surface area contributed by atoms with E-state index in [-0.39, 0.29) is 0 Å². The van der Waals surface area contributed by atoms with Crippen LogP contribution >= 0.6 is 15.9 Å². The van der Waals surface area contributed by atoms with E-state index in [0.717, 1.165) is 0 Å². The lowest BCUT2D eigenvalue weighted by Gasteiger charge is -2.35. The summed E-state index contributed by atoms with van der Waals surface area (Å²) in [6.07, 6.45) is 0. The van der Waals surface area contributed by atoms with Crippen molar-refractivity contribution in [3.63, 3.8) is 0 Å². The molecule has 1 heterocycles. The zero-order valence-corrected chi connectivity index (χ0v) is 8.17. The fourth-order valence-electron chi connectivity index (χ4n) is 0.699. The zero-order chi connectivity index (χ0) is 9.57. The van der Waals surface area contributed by atoms with Gasteiger partial charge in [-0.05, 0) is 0 Å². The van der Waals surface area contributed by atoms with Gasteiger partial charge >= 0.3 is 11.9 Å². The van der Waals surface area contributed by atoms with Crippen LogP contribution in [0.15, 0.2) is 0 Å². The van der Waals surface area contributed by atoms with Crippen LogP contribution < -0.4 is 0 Å². The predicted octanol–water partition coefficient (Wildman–Crippen LogP) is 0.0822. The van der Waals surface area contributed by atoms with Gasteiger partial charge in [0.25, 0.3) is 5.79 Å². The fraction of sp³-hybridized carbons (Fsp3) is 0.667. The van der Waals surface area contributed by atoms with Crippen LogP contribution in [0, 0.1) is 0 Å². The standard InChI is InChI=1S/C6H6BBrO4/c1-5(2)11-3(9)6(7,8)4(10)12-5/h1-2H3. The molecular weight excluding hydrogens is 227 g/mol. The topological polar surface area (TPSA) is 52.6 Å². The highest BCUT2D eigenvalue weighted by Crippen LogP contribution is 2.29. The molecule has 6 heteroatoms. The molecule has 0 aromatic heterocycles. The Kier molecular flexibility index (Phi) is 1.98. The molecule has 1 saturated heterocycles. The molecule has 64 valence electrons. The summed E-state index contributed by atoms with van der Waals surface area (Å²) < 4.78 is 7.55. The van der Waals surface area contributed by atoms with Gasteiger partial charge in [0, 0.05) is 13.8 Å². The van der Waals surface area contributed by atoms with Crippen molar-refractivity contribution in [2.45, 2.75) is 23.9 Å². The molecule has 0 bridgehead atoms. The second-order valence-electron chi connectivity index (χ2n) is 2.89. The van der Waals surface area contributed by atoms with Gasteiger partial charge in [0.05, 0.1) is 0 Å². The summed E-state index contributed by atoms with van der Waals surface area (Å²) in [7, 11) is 5.25. The van der Waals surface area contributed by atoms with Gasteiger partial charge in [-0.15, -0.1) is 0 Å². The van der Waals surface area contributed by atoms with Gasteiger partial charge in [-0.3, -0.25) is 9.59 Å². The monoisotopic (exact) mass is 232 g/mol. The normalized spacial score (nSPS) is 25.9. The highest BCUT2D eigenvalue weighted by molar-refractivity contribution is 9.11. The lowest BCUT2D eigenvalue weighted by atomic mass is 9.86. The van der Waals surface area contributed by atoms with Crippen molar-refractivity contribution >= 4 is 35.7 Å². The van der Waals surface area contributed by atoms with Crippen molar-refractivity contribution < 1.29 is 19.1 Å². The molecule has 1 fully saturated rings. The van der Waals surface area contributed by atoms with E-state index in [0.29, 0.717) is 0 Å². The maximum Gasteiger partial charge on any atom is 0.328 e. The summed E-state index contributed by atoms with van der Waals surface area (Å²) in [5.41, 5.74) is 0. The van der Waals surface area contributed by atoms with Crippen molar-refractivity contribution in [1.29, 1.82) is 0 Å². The van der Waals surface area contributed by atoms with Gasteiger partial charge in [-0.25, -0.2) is 0 Å². The van der Waals surface area contributed by atoms with Gasteiger partial charge in [-0.2, -0.15) is 0 Å². The third kappa shape index (κ3) is 1.48. The molecule has 2 radical (unpaired) electrons. The molecule has 0 unspecified atom stereocenters. The van der Waals surface area contributed by atoms with Crippen LogP contribution in [0.25, 0.3) is 0 Å². The highest BCUT2D eigenvalue weighted by Gasteiger charge is 2.50. The van der Waals surface area contributed by atoms with Crippen molar-refractivity contribution in [2.24, 2.45) is 0 Å². The van der Waals surface area contributed by atoms with Crippen molar-refractivity contribution in [3.05, 3.63) is 0 Å². The maximum atomic E-state index is 11.0. The number of hydrogen-bond acceptors (Lipinski definition) is 4. The molecule has 0 aromatic rings. The SMILES string of the molecule is [B]C1(Br)C(=O)OC(C)(C)OC1=O. The summed E-state index contributed by atoms with van der Waals surface area (Å²) in [4.78, 5) is 22.1. The Bertz CT molecular complexity index is 226. The number of rotatable bonds is 0. The first-order valence-corrected chi connectivity index (χ1v) is 4.00. The van der Waals surface area contributed by atoms with Gasteiger partial charge in [0.1, 0.15) is 7.85 Å². The highest BCUT2D eigenvalue weighted by atomic mass is 79.9. The minimum Gasteiger partial charge on any atom is -0.422 e. The van der Waals surface area contributed by atoms with Crippen LogP contribution in [0.1, 0.15) is 13.8 Å². The second-order valence-corrected chi connectivity index (χ2v) is 4.14. The van der Waals surface area contributed by atoms with Crippen LogP contribution in [0.4, 0.5) is 0 Å². The lowest BCUT2D eigenvalue weighted by molar-refractivity contribution is -0.232. The van der Waals surface area contributed by atoms with E-state index in [4.69, 9.17) is 17.3 Å². The smallest absolute Gasteiger partial charge is 0.328 e. The Morgan fingerprint density at radius 2 is 1.58 bits per heavy atom. The summed E-state index contributed by atoms with van der Waals surface area (Å²) in [6.45, 7) is 2.90. The summed E-state index contributed by atoms with van der Waals surface area (Å²) >= 11 is 2.70. The van der Waals surface area contributed by atoms with E-state index >= 15 is 0 Å². The summed E-state index contributed by atoms with van der Waals surface area (Å²) in [5.74, 6) is -2.92.